The second-order valence-corrected chi connectivity index (χ2v) is 8.52. The number of piperidine rings is 1. The van der Waals surface area contributed by atoms with Gasteiger partial charge >= 0.3 is 0 Å². The van der Waals surface area contributed by atoms with E-state index in [2.05, 4.69) is 0 Å². The summed E-state index contributed by atoms with van der Waals surface area (Å²) in [5.74, 6) is 0.715. The Labute approximate surface area is 181 Å². The molecule has 1 fully saturated rings. The molecule has 2 aromatic carbocycles. The van der Waals surface area contributed by atoms with Crippen molar-refractivity contribution in [3.8, 4) is 5.75 Å². The average molecular weight is 423 g/mol. The van der Waals surface area contributed by atoms with Crippen LogP contribution in [0.2, 0.25) is 0 Å². The van der Waals surface area contributed by atoms with Gasteiger partial charge in [-0.05, 0) is 43.4 Å². The molecule has 1 atom stereocenters. The minimum absolute atomic E-state index is 0.0247. The van der Waals surface area contributed by atoms with Crippen LogP contribution in [0.5, 0.6) is 5.75 Å². The van der Waals surface area contributed by atoms with Crippen LogP contribution in [0.15, 0.2) is 53.4 Å². The lowest BCUT2D eigenvalue weighted by molar-refractivity contribution is 0.0628. The second-order valence-electron chi connectivity index (χ2n) is 7.67. The maximum Gasteiger partial charge on any atom is 0.270 e. The van der Waals surface area contributed by atoms with E-state index < -0.39 is 0 Å². The molecular formula is C24H26N2O3S. The van der Waals surface area contributed by atoms with Gasteiger partial charge in [-0.15, -0.1) is 11.8 Å². The number of aromatic nitrogens is 1. The third-order valence-electron chi connectivity index (χ3n) is 5.92. The zero-order valence-corrected chi connectivity index (χ0v) is 18.4. The standard InChI is InChI=1S/C24H26N2O3S/c1-25-20-14-18(29-2)11-10-16(20)13-21(25)24(28)26-12-6-7-17(15-26)23(27)19-8-4-5-9-22(19)30-3/h4-5,8-11,13-14,17H,6-7,12,15H2,1-3H3/t17-/m0/s1. The fraction of sp³-hybridized carbons (Fsp3) is 0.333. The van der Waals surface area contributed by atoms with Crippen LogP contribution in [0.1, 0.15) is 33.7 Å². The normalized spacial score (nSPS) is 16.6. The van der Waals surface area contributed by atoms with E-state index in [9.17, 15) is 9.59 Å². The number of carbonyl (C=O) groups is 2. The second kappa shape index (κ2) is 8.56. The van der Waals surface area contributed by atoms with E-state index in [4.69, 9.17) is 4.74 Å². The third kappa shape index (κ3) is 3.72. The van der Waals surface area contributed by atoms with Crippen LogP contribution in [-0.4, -0.2) is 47.6 Å². The zero-order chi connectivity index (χ0) is 21.3. The highest BCUT2D eigenvalue weighted by Crippen LogP contribution is 2.29. The number of Topliss-reactive ketones (excluding diaryl/α,β-unsaturated/α-hetero) is 1. The van der Waals surface area contributed by atoms with E-state index in [-0.39, 0.29) is 17.6 Å². The molecule has 0 radical (unpaired) electrons. The number of fused-ring (bicyclic) bond motifs is 1. The summed E-state index contributed by atoms with van der Waals surface area (Å²) in [7, 11) is 3.53. The van der Waals surface area contributed by atoms with Crippen LogP contribution in [0.25, 0.3) is 10.9 Å². The minimum Gasteiger partial charge on any atom is -0.497 e. The van der Waals surface area contributed by atoms with Gasteiger partial charge in [-0.3, -0.25) is 9.59 Å². The number of ether oxygens (including phenoxy) is 1. The van der Waals surface area contributed by atoms with Gasteiger partial charge < -0.3 is 14.2 Å². The first-order chi connectivity index (χ1) is 14.5. The van der Waals surface area contributed by atoms with Crippen LogP contribution < -0.4 is 4.74 Å². The number of benzene rings is 2. The van der Waals surface area contributed by atoms with Crippen LogP contribution >= 0.6 is 11.8 Å². The molecule has 30 heavy (non-hydrogen) atoms. The third-order valence-corrected chi connectivity index (χ3v) is 6.72. The van der Waals surface area contributed by atoms with Gasteiger partial charge in [-0.25, -0.2) is 0 Å². The van der Waals surface area contributed by atoms with E-state index in [1.54, 1.807) is 18.9 Å². The maximum absolute atomic E-state index is 13.3. The molecule has 1 saturated heterocycles. The molecule has 2 heterocycles. The summed E-state index contributed by atoms with van der Waals surface area (Å²) in [6.45, 7) is 1.14. The van der Waals surface area contributed by atoms with Crippen molar-refractivity contribution in [1.29, 1.82) is 0 Å². The summed E-state index contributed by atoms with van der Waals surface area (Å²) in [4.78, 5) is 29.3. The van der Waals surface area contributed by atoms with Gasteiger partial charge in [0.05, 0.1) is 12.6 Å². The summed E-state index contributed by atoms with van der Waals surface area (Å²) in [6.07, 6.45) is 3.64. The van der Waals surface area contributed by atoms with Crippen molar-refractivity contribution in [2.24, 2.45) is 13.0 Å². The Hall–Kier alpha value is -2.73. The fourth-order valence-electron chi connectivity index (χ4n) is 4.25. The Kier molecular flexibility index (Phi) is 5.86. The summed E-state index contributed by atoms with van der Waals surface area (Å²) >= 11 is 1.58. The number of likely N-dealkylation sites (tertiary alicyclic amines) is 1. The van der Waals surface area contributed by atoms with Crippen molar-refractivity contribution in [2.75, 3.05) is 26.5 Å². The predicted octanol–water partition coefficient (Wildman–Crippen LogP) is 4.64. The first-order valence-electron chi connectivity index (χ1n) is 10.1. The highest BCUT2D eigenvalue weighted by Gasteiger charge is 2.31. The Morgan fingerprint density at radius 3 is 2.70 bits per heavy atom. The summed E-state index contributed by atoms with van der Waals surface area (Å²) < 4.78 is 7.23. The van der Waals surface area contributed by atoms with E-state index in [0.717, 1.165) is 40.0 Å². The molecule has 0 spiro atoms. The molecule has 6 heteroatoms. The molecule has 0 bridgehead atoms. The van der Waals surface area contributed by atoms with Crippen LogP contribution in [0, 0.1) is 5.92 Å². The molecule has 5 nitrogen and oxygen atoms in total. The van der Waals surface area contributed by atoms with Crippen LogP contribution in [0.4, 0.5) is 0 Å². The smallest absolute Gasteiger partial charge is 0.270 e. The first-order valence-corrected chi connectivity index (χ1v) is 11.4. The van der Waals surface area contributed by atoms with Gasteiger partial charge in [-0.1, -0.05) is 18.2 Å². The Morgan fingerprint density at radius 1 is 1.13 bits per heavy atom. The average Bonchev–Trinajstić information content (AvgIpc) is 3.13. The molecule has 1 amide bonds. The van der Waals surface area contributed by atoms with Gasteiger partial charge in [0, 0.05) is 48.0 Å². The quantitative estimate of drug-likeness (QED) is 0.444. The number of ketones is 1. The number of rotatable bonds is 5. The lowest BCUT2D eigenvalue weighted by Crippen LogP contribution is -2.43. The van der Waals surface area contributed by atoms with Gasteiger partial charge in [0.15, 0.2) is 5.78 Å². The molecule has 0 unspecified atom stereocenters. The largest absolute Gasteiger partial charge is 0.497 e. The van der Waals surface area contributed by atoms with Crippen molar-refractivity contribution in [3.63, 3.8) is 0 Å². The summed E-state index contributed by atoms with van der Waals surface area (Å²) in [5.41, 5.74) is 2.35. The van der Waals surface area contributed by atoms with E-state index in [0.29, 0.717) is 18.8 Å². The van der Waals surface area contributed by atoms with Crippen LogP contribution in [-0.2, 0) is 7.05 Å². The van der Waals surface area contributed by atoms with Gasteiger partial charge in [0.1, 0.15) is 11.4 Å². The molecule has 0 aliphatic carbocycles. The molecule has 0 saturated carbocycles. The Morgan fingerprint density at radius 2 is 1.93 bits per heavy atom. The molecule has 1 aromatic heterocycles. The topological polar surface area (TPSA) is 51.5 Å². The first kappa shape index (κ1) is 20.5. The van der Waals surface area contributed by atoms with Gasteiger partial charge in [0.25, 0.3) is 5.91 Å². The van der Waals surface area contributed by atoms with Crippen molar-refractivity contribution in [3.05, 3.63) is 59.8 Å². The molecule has 4 rings (SSSR count). The number of nitrogens with zero attached hydrogens (tertiary/aromatic N) is 2. The zero-order valence-electron chi connectivity index (χ0n) is 17.6. The predicted molar refractivity (Wildman–Crippen MR) is 121 cm³/mol. The highest BCUT2D eigenvalue weighted by atomic mass is 32.2. The van der Waals surface area contributed by atoms with Gasteiger partial charge in [0.2, 0.25) is 0 Å². The number of aryl methyl sites for hydroxylation is 1. The number of hydrogen-bond donors (Lipinski definition) is 0. The van der Waals surface area contributed by atoms with Crippen LogP contribution in [0.3, 0.4) is 0 Å². The molecule has 0 N–H and O–H groups in total. The molecule has 3 aromatic rings. The monoisotopic (exact) mass is 422 g/mol. The Balaban J connectivity index is 1.57. The molecule has 1 aliphatic heterocycles. The number of amides is 1. The maximum atomic E-state index is 13.3. The van der Waals surface area contributed by atoms with E-state index >= 15 is 0 Å². The molecule has 1 aliphatic rings. The Bertz CT molecular complexity index is 1110. The number of carbonyl (C=O) groups excluding carboxylic acids is 2. The van der Waals surface area contributed by atoms with Crippen molar-refractivity contribution in [1.82, 2.24) is 9.47 Å². The number of thioether (sulfide) groups is 1. The van der Waals surface area contributed by atoms with E-state index in [1.807, 2.05) is 71.3 Å². The minimum atomic E-state index is -0.161. The summed E-state index contributed by atoms with van der Waals surface area (Å²) in [6, 6.07) is 15.5. The lowest BCUT2D eigenvalue weighted by Gasteiger charge is -2.32. The van der Waals surface area contributed by atoms with Crippen molar-refractivity contribution >= 4 is 34.4 Å². The fourth-order valence-corrected chi connectivity index (χ4v) is 4.85. The van der Waals surface area contributed by atoms with E-state index in [1.165, 1.54) is 0 Å². The van der Waals surface area contributed by atoms with Crippen molar-refractivity contribution < 1.29 is 14.3 Å². The number of hydrogen-bond acceptors (Lipinski definition) is 4. The molecular weight excluding hydrogens is 396 g/mol. The highest BCUT2D eigenvalue weighted by molar-refractivity contribution is 7.98. The van der Waals surface area contributed by atoms with Gasteiger partial charge in [-0.2, -0.15) is 0 Å². The van der Waals surface area contributed by atoms with Crippen molar-refractivity contribution in [2.45, 2.75) is 17.7 Å². The summed E-state index contributed by atoms with van der Waals surface area (Å²) in [5, 5.41) is 1.00. The lowest BCUT2D eigenvalue weighted by atomic mass is 9.90. The number of methoxy groups -OCH3 is 1. The molecule has 156 valence electrons. The SMILES string of the molecule is COc1ccc2cc(C(=O)N3CCC[C@H](C(=O)c4ccccc4SC)C3)n(C)c2c1.